The number of nitrogens with zero attached hydrogens (tertiary/aromatic N) is 1. The summed E-state index contributed by atoms with van der Waals surface area (Å²) in [5.74, 6) is 0.503. The molecule has 1 aliphatic carbocycles. The zero-order valence-electron chi connectivity index (χ0n) is 16.8. The Morgan fingerprint density at radius 3 is 2.57 bits per heavy atom. The van der Waals surface area contributed by atoms with Gasteiger partial charge >= 0.3 is 5.97 Å². The lowest BCUT2D eigenvalue weighted by molar-refractivity contribution is 0.0600. The molecule has 0 bridgehead atoms. The molecular weight excluding hydrogens is 348 g/mol. The highest BCUT2D eigenvalue weighted by atomic mass is 16.5. The van der Waals surface area contributed by atoms with E-state index in [1.54, 1.807) is 0 Å². The average Bonchev–Trinajstić information content (AvgIpc) is 3.24. The first kappa shape index (κ1) is 18.6. The number of carbonyl (C=O) groups excluding carboxylic acids is 1. The number of esters is 1. The molecule has 28 heavy (non-hydrogen) atoms. The molecule has 0 spiro atoms. The molecule has 1 heterocycles. The minimum atomic E-state index is -0.282. The largest absolute Gasteiger partial charge is 0.465 e. The van der Waals surface area contributed by atoms with Crippen molar-refractivity contribution in [3.8, 4) is 0 Å². The standard InChI is InChI=1S/C24H28N2O2/c1-4-26(5-2)18-12-9-16(10-13-18)23-20-8-6-7-19(20)21-15-17(24(27)28-3)11-14-22(21)25-23/h6-7,9-15,19-20,23,25H,4-5,8H2,1-3H3. The number of methoxy groups -OCH3 is 1. The van der Waals surface area contributed by atoms with Crippen molar-refractivity contribution in [2.24, 2.45) is 5.92 Å². The van der Waals surface area contributed by atoms with Crippen LogP contribution < -0.4 is 10.2 Å². The maximum atomic E-state index is 11.9. The molecule has 2 aliphatic rings. The number of carbonyl (C=O) groups is 1. The number of nitrogens with one attached hydrogen (secondary N) is 1. The second kappa shape index (κ2) is 7.70. The van der Waals surface area contributed by atoms with Gasteiger partial charge in [0.15, 0.2) is 0 Å². The Bertz CT molecular complexity index is 884. The topological polar surface area (TPSA) is 41.6 Å². The summed E-state index contributed by atoms with van der Waals surface area (Å²) in [7, 11) is 1.43. The summed E-state index contributed by atoms with van der Waals surface area (Å²) in [6.45, 7) is 6.41. The van der Waals surface area contributed by atoms with Crippen molar-refractivity contribution < 1.29 is 9.53 Å². The fourth-order valence-corrected chi connectivity index (χ4v) is 4.65. The maximum Gasteiger partial charge on any atom is 0.337 e. The SMILES string of the molecule is CCN(CC)c1ccc(C2Nc3ccc(C(=O)OC)cc3C3C=CCC32)cc1. The molecule has 3 unspecified atom stereocenters. The Hall–Kier alpha value is -2.75. The van der Waals surface area contributed by atoms with Crippen LogP contribution >= 0.6 is 0 Å². The second-order valence-corrected chi connectivity index (χ2v) is 7.53. The predicted octanol–water partition coefficient (Wildman–Crippen LogP) is 5.15. The van der Waals surface area contributed by atoms with Crippen molar-refractivity contribution in [2.45, 2.75) is 32.2 Å². The zero-order chi connectivity index (χ0) is 19.7. The van der Waals surface area contributed by atoms with E-state index in [4.69, 9.17) is 4.74 Å². The van der Waals surface area contributed by atoms with Gasteiger partial charge in [0.1, 0.15) is 0 Å². The normalized spacial score (nSPS) is 22.2. The summed E-state index contributed by atoms with van der Waals surface area (Å²) in [6, 6.07) is 15.1. The van der Waals surface area contributed by atoms with E-state index in [9.17, 15) is 4.79 Å². The highest BCUT2D eigenvalue weighted by Gasteiger charge is 2.38. The third-order valence-corrected chi connectivity index (χ3v) is 6.16. The molecule has 1 N–H and O–H groups in total. The second-order valence-electron chi connectivity index (χ2n) is 7.53. The molecule has 0 saturated carbocycles. The van der Waals surface area contributed by atoms with Gasteiger partial charge in [-0.25, -0.2) is 4.79 Å². The minimum Gasteiger partial charge on any atom is -0.465 e. The summed E-state index contributed by atoms with van der Waals surface area (Å²) < 4.78 is 4.90. The van der Waals surface area contributed by atoms with Gasteiger partial charge in [0.05, 0.1) is 18.7 Å². The van der Waals surface area contributed by atoms with E-state index >= 15 is 0 Å². The number of allylic oxidation sites excluding steroid dienone is 2. The van der Waals surface area contributed by atoms with E-state index in [0.717, 1.165) is 25.2 Å². The van der Waals surface area contributed by atoms with Gasteiger partial charge in [0.25, 0.3) is 0 Å². The van der Waals surface area contributed by atoms with E-state index in [-0.39, 0.29) is 12.0 Å². The van der Waals surface area contributed by atoms with E-state index < -0.39 is 0 Å². The Kier molecular flexibility index (Phi) is 5.12. The van der Waals surface area contributed by atoms with Gasteiger partial charge in [-0.05, 0) is 67.6 Å². The number of fused-ring (bicyclic) bond motifs is 3. The van der Waals surface area contributed by atoms with Crippen LogP contribution in [0.2, 0.25) is 0 Å². The summed E-state index contributed by atoms with van der Waals surface area (Å²) in [5.41, 5.74) is 5.51. The molecule has 146 valence electrons. The van der Waals surface area contributed by atoms with Crippen molar-refractivity contribution in [3.63, 3.8) is 0 Å². The van der Waals surface area contributed by atoms with Crippen LogP contribution in [0.25, 0.3) is 0 Å². The predicted molar refractivity (Wildman–Crippen MR) is 114 cm³/mol. The summed E-state index contributed by atoms with van der Waals surface area (Å²) >= 11 is 0. The Balaban J connectivity index is 1.65. The highest BCUT2D eigenvalue weighted by Crippen LogP contribution is 2.50. The number of anilines is 2. The van der Waals surface area contributed by atoms with E-state index in [0.29, 0.717) is 17.4 Å². The molecular formula is C24H28N2O2. The molecule has 4 nitrogen and oxygen atoms in total. The minimum absolute atomic E-state index is 0.266. The lowest BCUT2D eigenvalue weighted by Crippen LogP contribution is -2.29. The molecule has 2 aromatic carbocycles. The van der Waals surface area contributed by atoms with Crippen LogP contribution in [0.5, 0.6) is 0 Å². The Morgan fingerprint density at radius 1 is 1.14 bits per heavy atom. The van der Waals surface area contributed by atoms with Gasteiger partial charge in [-0.2, -0.15) is 0 Å². The Labute approximate surface area is 167 Å². The number of ether oxygens (including phenoxy) is 1. The molecule has 3 atom stereocenters. The molecule has 0 fully saturated rings. The quantitative estimate of drug-likeness (QED) is 0.579. The zero-order valence-corrected chi connectivity index (χ0v) is 16.8. The third-order valence-electron chi connectivity index (χ3n) is 6.16. The molecule has 2 aromatic rings. The van der Waals surface area contributed by atoms with E-state index in [1.807, 2.05) is 18.2 Å². The number of hydrogen-bond donors (Lipinski definition) is 1. The third kappa shape index (κ3) is 3.17. The van der Waals surface area contributed by atoms with Crippen LogP contribution in [-0.2, 0) is 4.74 Å². The molecule has 4 rings (SSSR count). The molecule has 0 radical (unpaired) electrons. The first-order chi connectivity index (χ1) is 13.7. The van der Waals surface area contributed by atoms with Crippen molar-refractivity contribution in [2.75, 3.05) is 30.4 Å². The van der Waals surface area contributed by atoms with Crippen molar-refractivity contribution in [1.29, 1.82) is 0 Å². The number of rotatable bonds is 5. The average molecular weight is 377 g/mol. The van der Waals surface area contributed by atoms with Gasteiger partial charge in [0, 0.05) is 30.4 Å². The first-order valence-corrected chi connectivity index (χ1v) is 10.2. The molecule has 4 heteroatoms. The van der Waals surface area contributed by atoms with Crippen LogP contribution in [0.15, 0.2) is 54.6 Å². The van der Waals surface area contributed by atoms with Crippen LogP contribution in [0.4, 0.5) is 11.4 Å². The highest BCUT2D eigenvalue weighted by molar-refractivity contribution is 5.90. The molecule has 1 aliphatic heterocycles. The van der Waals surface area contributed by atoms with Gasteiger partial charge < -0.3 is 15.0 Å². The molecule has 0 amide bonds. The number of benzene rings is 2. The van der Waals surface area contributed by atoms with E-state index in [1.165, 1.54) is 23.9 Å². The van der Waals surface area contributed by atoms with Crippen molar-refractivity contribution >= 4 is 17.3 Å². The van der Waals surface area contributed by atoms with Gasteiger partial charge in [0.2, 0.25) is 0 Å². The van der Waals surface area contributed by atoms with Crippen LogP contribution in [0, 0.1) is 5.92 Å². The fraction of sp³-hybridized carbons (Fsp3) is 0.375. The van der Waals surface area contributed by atoms with Crippen molar-refractivity contribution in [1.82, 2.24) is 0 Å². The van der Waals surface area contributed by atoms with Crippen LogP contribution in [0.1, 0.15) is 53.7 Å². The van der Waals surface area contributed by atoms with E-state index in [2.05, 4.69) is 60.5 Å². The summed E-state index contributed by atoms with van der Waals surface area (Å²) in [5, 5.41) is 3.74. The summed E-state index contributed by atoms with van der Waals surface area (Å²) in [4.78, 5) is 14.3. The van der Waals surface area contributed by atoms with Gasteiger partial charge in [-0.3, -0.25) is 0 Å². The lowest BCUT2D eigenvalue weighted by Gasteiger charge is -2.38. The maximum absolute atomic E-state index is 11.9. The molecule has 0 aromatic heterocycles. The van der Waals surface area contributed by atoms with Gasteiger partial charge in [-0.15, -0.1) is 0 Å². The fourth-order valence-electron chi connectivity index (χ4n) is 4.65. The number of hydrogen-bond acceptors (Lipinski definition) is 4. The first-order valence-electron chi connectivity index (χ1n) is 10.2. The summed E-state index contributed by atoms with van der Waals surface area (Å²) in [6.07, 6.45) is 5.61. The van der Waals surface area contributed by atoms with Crippen molar-refractivity contribution in [3.05, 3.63) is 71.3 Å². The lowest BCUT2D eigenvalue weighted by atomic mass is 9.76. The smallest absolute Gasteiger partial charge is 0.337 e. The van der Waals surface area contributed by atoms with Gasteiger partial charge in [-0.1, -0.05) is 24.3 Å². The van der Waals surface area contributed by atoms with Crippen LogP contribution in [-0.4, -0.2) is 26.2 Å². The van der Waals surface area contributed by atoms with Crippen LogP contribution in [0.3, 0.4) is 0 Å². The molecule has 0 saturated heterocycles. The Morgan fingerprint density at radius 2 is 1.89 bits per heavy atom. The monoisotopic (exact) mass is 376 g/mol.